The van der Waals surface area contributed by atoms with Gasteiger partial charge in [-0.1, -0.05) is 0 Å². The number of nitrogens with zero attached hydrogens (tertiary/aromatic N) is 1. The molecule has 0 radical (unpaired) electrons. The lowest BCUT2D eigenvalue weighted by atomic mass is 10.1. The molecule has 4 heteroatoms. The van der Waals surface area contributed by atoms with E-state index in [4.69, 9.17) is 5.73 Å². The average Bonchev–Trinajstić information content (AvgIpc) is 3.16. The Balaban J connectivity index is 2.02. The summed E-state index contributed by atoms with van der Waals surface area (Å²) in [4.78, 5) is 13.8. The van der Waals surface area contributed by atoms with Crippen LogP contribution in [0.5, 0.6) is 0 Å². The lowest BCUT2D eigenvalue weighted by Gasteiger charge is -2.22. The van der Waals surface area contributed by atoms with E-state index in [1.165, 1.54) is 12.1 Å². The SMILES string of the molecule is CCN(C(=O)CC(N)C1CC1)c1ccc(F)cc1. The van der Waals surface area contributed by atoms with Crippen molar-refractivity contribution >= 4 is 11.6 Å². The molecule has 98 valence electrons. The molecule has 1 aliphatic carbocycles. The number of rotatable bonds is 5. The Morgan fingerprint density at radius 2 is 2.06 bits per heavy atom. The lowest BCUT2D eigenvalue weighted by molar-refractivity contribution is -0.119. The zero-order valence-corrected chi connectivity index (χ0v) is 10.6. The van der Waals surface area contributed by atoms with E-state index in [1.54, 1.807) is 17.0 Å². The fourth-order valence-corrected chi connectivity index (χ4v) is 2.13. The molecule has 1 saturated carbocycles. The molecule has 1 amide bonds. The van der Waals surface area contributed by atoms with Crippen LogP contribution in [0.1, 0.15) is 26.2 Å². The van der Waals surface area contributed by atoms with Crippen molar-refractivity contribution in [1.29, 1.82) is 0 Å². The molecular formula is C14H19FN2O. The standard InChI is InChI=1S/C14H19FN2O/c1-2-17(12-7-5-11(15)6-8-12)14(18)9-13(16)10-3-4-10/h5-8,10,13H,2-4,9,16H2,1H3. The average molecular weight is 250 g/mol. The number of anilines is 1. The van der Waals surface area contributed by atoms with Crippen LogP contribution in [0, 0.1) is 11.7 Å². The molecule has 2 N–H and O–H groups in total. The van der Waals surface area contributed by atoms with E-state index in [2.05, 4.69) is 0 Å². The highest BCUT2D eigenvalue weighted by Gasteiger charge is 2.31. The van der Waals surface area contributed by atoms with Gasteiger partial charge >= 0.3 is 0 Å². The Morgan fingerprint density at radius 3 is 2.56 bits per heavy atom. The van der Waals surface area contributed by atoms with Gasteiger partial charge in [-0.05, 0) is 49.9 Å². The van der Waals surface area contributed by atoms with Crippen LogP contribution in [0.15, 0.2) is 24.3 Å². The van der Waals surface area contributed by atoms with E-state index in [0.717, 1.165) is 18.5 Å². The van der Waals surface area contributed by atoms with E-state index in [9.17, 15) is 9.18 Å². The predicted octanol–water partition coefficient (Wildman–Crippen LogP) is 2.31. The number of hydrogen-bond acceptors (Lipinski definition) is 2. The van der Waals surface area contributed by atoms with Gasteiger partial charge in [0.2, 0.25) is 5.91 Å². The van der Waals surface area contributed by atoms with Crippen molar-refractivity contribution in [2.75, 3.05) is 11.4 Å². The second-order valence-electron chi connectivity index (χ2n) is 4.82. The highest BCUT2D eigenvalue weighted by atomic mass is 19.1. The zero-order valence-electron chi connectivity index (χ0n) is 10.6. The Labute approximate surface area is 107 Å². The van der Waals surface area contributed by atoms with E-state index >= 15 is 0 Å². The van der Waals surface area contributed by atoms with E-state index in [-0.39, 0.29) is 17.8 Å². The predicted molar refractivity (Wildman–Crippen MR) is 69.7 cm³/mol. The van der Waals surface area contributed by atoms with Crippen LogP contribution in [0.3, 0.4) is 0 Å². The minimum Gasteiger partial charge on any atom is -0.327 e. The third-order valence-corrected chi connectivity index (χ3v) is 3.39. The first kappa shape index (κ1) is 13.0. The molecule has 0 spiro atoms. The molecule has 0 aromatic heterocycles. The summed E-state index contributed by atoms with van der Waals surface area (Å²) in [5, 5.41) is 0. The molecule has 1 atom stereocenters. The number of carbonyl (C=O) groups excluding carboxylic acids is 1. The molecule has 0 saturated heterocycles. The number of benzene rings is 1. The topological polar surface area (TPSA) is 46.3 Å². The molecule has 0 bridgehead atoms. The van der Waals surface area contributed by atoms with Gasteiger partial charge in [-0.2, -0.15) is 0 Å². The van der Waals surface area contributed by atoms with Gasteiger partial charge in [-0.25, -0.2) is 4.39 Å². The third kappa shape index (κ3) is 3.07. The van der Waals surface area contributed by atoms with Crippen molar-refractivity contribution in [2.24, 2.45) is 11.7 Å². The Morgan fingerprint density at radius 1 is 1.44 bits per heavy atom. The van der Waals surface area contributed by atoms with Gasteiger partial charge in [0.15, 0.2) is 0 Å². The van der Waals surface area contributed by atoms with Gasteiger partial charge in [0.25, 0.3) is 0 Å². The maximum atomic E-state index is 12.9. The molecule has 1 unspecified atom stereocenters. The molecule has 2 rings (SSSR count). The van der Waals surface area contributed by atoms with Gasteiger partial charge in [0.05, 0.1) is 0 Å². The van der Waals surface area contributed by atoms with Crippen molar-refractivity contribution < 1.29 is 9.18 Å². The van der Waals surface area contributed by atoms with Crippen LogP contribution in [0.25, 0.3) is 0 Å². The molecule has 1 aromatic carbocycles. The first-order valence-electron chi connectivity index (χ1n) is 6.43. The normalized spacial score (nSPS) is 16.4. The summed E-state index contributed by atoms with van der Waals surface area (Å²) < 4.78 is 12.9. The Kier molecular flexibility index (Phi) is 3.97. The summed E-state index contributed by atoms with van der Waals surface area (Å²) in [7, 11) is 0. The van der Waals surface area contributed by atoms with Crippen LogP contribution in [0.4, 0.5) is 10.1 Å². The summed E-state index contributed by atoms with van der Waals surface area (Å²) in [6.07, 6.45) is 2.64. The van der Waals surface area contributed by atoms with E-state index in [1.807, 2.05) is 6.92 Å². The maximum Gasteiger partial charge on any atom is 0.228 e. The number of carbonyl (C=O) groups is 1. The quantitative estimate of drug-likeness (QED) is 0.871. The zero-order chi connectivity index (χ0) is 13.1. The van der Waals surface area contributed by atoms with Crippen molar-refractivity contribution in [3.8, 4) is 0 Å². The lowest BCUT2D eigenvalue weighted by Crippen LogP contribution is -2.36. The second-order valence-corrected chi connectivity index (χ2v) is 4.82. The maximum absolute atomic E-state index is 12.9. The van der Waals surface area contributed by atoms with Crippen molar-refractivity contribution in [3.63, 3.8) is 0 Å². The minimum atomic E-state index is -0.295. The van der Waals surface area contributed by atoms with Crippen LogP contribution < -0.4 is 10.6 Å². The first-order valence-corrected chi connectivity index (χ1v) is 6.43. The smallest absolute Gasteiger partial charge is 0.228 e. The summed E-state index contributed by atoms with van der Waals surface area (Å²) in [6.45, 7) is 2.48. The number of halogens is 1. The molecule has 0 aliphatic heterocycles. The molecule has 0 heterocycles. The summed E-state index contributed by atoms with van der Waals surface area (Å²) in [5.74, 6) is 0.237. The van der Waals surface area contributed by atoms with E-state index in [0.29, 0.717) is 18.9 Å². The van der Waals surface area contributed by atoms with Crippen LogP contribution in [-0.2, 0) is 4.79 Å². The molecule has 1 fully saturated rings. The fraction of sp³-hybridized carbons (Fsp3) is 0.500. The molecular weight excluding hydrogens is 231 g/mol. The molecule has 18 heavy (non-hydrogen) atoms. The Hall–Kier alpha value is -1.42. The van der Waals surface area contributed by atoms with Gasteiger partial charge in [-0.3, -0.25) is 4.79 Å². The summed E-state index contributed by atoms with van der Waals surface area (Å²) in [6, 6.07) is 5.95. The van der Waals surface area contributed by atoms with Gasteiger partial charge in [-0.15, -0.1) is 0 Å². The van der Waals surface area contributed by atoms with Crippen LogP contribution in [0.2, 0.25) is 0 Å². The van der Waals surface area contributed by atoms with Crippen molar-refractivity contribution in [1.82, 2.24) is 0 Å². The summed E-state index contributed by atoms with van der Waals surface area (Å²) in [5.41, 5.74) is 6.70. The third-order valence-electron chi connectivity index (χ3n) is 3.39. The second kappa shape index (κ2) is 5.48. The number of nitrogens with two attached hydrogens (primary N) is 1. The highest BCUT2D eigenvalue weighted by molar-refractivity contribution is 5.93. The van der Waals surface area contributed by atoms with Gasteiger partial charge in [0.1, 0.15) is 5.82 Å². The number of hydrogen-bond donors (Lipinski definition) is 1. The van der Waals surface area contributed by atoms with Gasteiger partial charge in [0, 0.05) is 24.7 Å². The van der Waals surface area contributed by atoms with Crippen molar-refractivity contribution in [2.45, 2.75) is 32.2 Å². The van der Waals surface area contributed by atoms with Crippen LogP contribution >= 0.6 is 0 Å². The first-order chi connectivity index (χ1) is 8.61. The fourth-order valence-electron chi connectivity index (χ4n) is 2.13. The molecule has 1 aliphatic rings. The van der Waals surface area contributed by atoms with E-state index < -0.39 is 0 Å². The Bertz CT molecular complexity index is 414. The minimum absolute atomic E-state index is 0.0171. The van der Waals surface area contributed by atoms with Gasteiger partial charge < -0.3 is 10.6 Å². The molecule has 1 aromatic rings. The van der Waals surface area contributed by atoms with Crippen LogP contribution in [-0.4, -0.2) is 18.5 Å². The highest BCUT2D eigenvalue weighted by Crippen LogP contribution is 2.33. The molecule has 3 nitrogen and oxygen atoms in total. The monoisotopic (exact) mass is 250 g/mol. The summed E-state index contributed by atoms with van der Waals surface area (Å²) >= 11 is 0. The largest absolute Gasteiger partial charge is 0.327 e. The number of amides is 1. The van der Waals surface area contributed by atoms with Crippen molar-refractivity contribution in [3.05, 3.63) is 30.1 Å².